The fourth-order valence-corrected chi connectivity index (χ4v) is 3.71. The van der Waals surface area contributed by atoms with Crippen molar-refractivity contribution in [1.82, 2.24) is 0 Å². The maximum absolute atomic E-state index is 10.4. The van der Waals surface area contributed by atoms with E-state index in [0.29, 0.717) is 11.3 Å². The fraction of sp³-hybridized carbons (Fsp3) is 1.00. The minimum Gasteiger partial charge on any atom is -0.284 e. The smallest absolute Gasteiger partial charge is 0.284 e. The Morgan fingerprint density at radius 2 is 1.07 bits per heavy atom. The van der Waals surface area contributed by atoms with Crippen molar-refractivity contribution in [1.29, 1.82) is 0 Å². The minimum atomic E-state index is -2.20. The fourth-order valence-electron chi connectivity index (χ4n) is 3.49. The van der Waals surface area contributed by atoms with Gasteiger partial charge in [0, 0.05) is 0 Å². The van der Waals surface area contributed by atoms with E-state index in [9.17, 15) is 4.21 Å². The molecule has 0 rings (SSSR count). The number of hydrogen-bond donors (Lipinski definition) is 1. The van der Waals surface area contributed by atoms with Crippen LogP contribution in [0.3, 0.4) is 0 Å². The Hall–Kier alpha value is -0.0100. The maximum Gasteiger partial charge on any atom is 0.301 e. The highest BCUT2D eigenvalue weighted by Crippen LogP contribution is 2.14. The van der Waals surface area contributed by atoms with Crippen LogP contribution in [0.4, 0.5) is 0 Å². The zero-order chi connectivity index (χ0) is 20.9. The van der Waals surface area contributed by atoms with Gasteiger partial charge in [0.05, 0.1) is 20.7 Å². The van der Waals surface area contributed by atoms with Crippen molar-refractivity contribution in [2.45, 2.75) is 110 Å². The summed E-state index contributed by atoms with van der Waals surface area (Å²) < 4.78 is 24.0. The SMILES string of the molecule is CCCCCCCCCCCCCCCCCC[N+](C)(C)OCCOS(=O)O. The van der Waals surface area contributed by atoms with Crippen molar-refractivity contribution < 1.29 is 22.4 Å². The van der Waals surface area contributed by atoms with E-state index in [0.717, 1.165) is 13.0 Å². The molecule has 1 N–H and O–H groups in total. The Morgan fingerprint density at radius 1 is 0.679 bits per heavy atom. The second-order valence-electron chi connectivity index (χ2n) is 8.47. The molecule has 1 unspecified atom stereocenters. The van der Waals surface area contributed by atoms with Crippen LogP contribution in [0.1, 0.15) is 110 Å². The van der Waals surface area contributed by atoms with E-state index in [1.807, 2.05) is 14.1 Å². The molecule has 0 aromatic rings. The molecule has 5 nitrogen and oxygen atoms in total. The van der Waals surface area contributed by atoms with E-state index >= 15 is 0 Å². The second-order valence-corrected chi connectivity index (χ2v) is 9.14. The van der Waals surface area contributed by atoms with Gasteiger partial charge in [0.1, 0.15) is 13.2 Å². The van der Waals surface area contributed by atoms with Crippen LogP contribution in [0.15, 0.2) is 0 Å². The molecule has 0 bridgehead atoms. The van der Waals surface area contributed by atoms with Crippen LogP contribution in [0.5, 0.6) is 0 Å². The number of hydrogen-bond acceptors (Lipinski definition) is 3. The Balaban J connectivity index is 3.25. The number of hydroxylamine groups is 3. The van der Waals surface area contributed by atoms with E-state index < -0.39 is 11.4 Å². The van der Waals surface area contributed by atoms with E-state index in [1.54, 1.807) is 0 Å². The molecule has 0 aliphatic heterocycles. The van der Waals surface area contributed by atoms with E-state index in [2.05, 4.69) is 11.1 Å². The van der Waals surface area contributed by atoms with Crippen molar-refractivity contribution >= 4 is 11.4 Å². The van der Waals surface area contributed by atoms with Crippen molar-refractivity contribution in [3.8, 4) is 0 Å². The van der Waals surface area contributed by atoms with Crippen molar-refractivity contribution in [2.24, 2.45) is 0 Å². The van der Waals surface area contributed by atoms with Gasteiger partial charge in [-0.3, -0.25) is 8.74 Å². The summed E-state index contributed by atoms with van der Waals surface area (Å²) in [5.41, 5.74) is 0. The Morgan fingerprint density at radius 3 is 1.46 bits per heavy atom. The van der Waals surface area contributed by atoms with Gasteiger partial charge in [-0.05, 0) is 12.8 Å². The van der Waals surface area contributed by atoms with Crippen LogP contribution in [-0.4, -0.2) is 47.3 Å². The summed E-state index contributed by atoms with van der Waals surface area (Å²) in [7, 11) is 4.03. The summed E-state index contributed by atoms with van der Waals surface area (Å²) in [4.78, 5) is 5.67. The second kappa shape index (κ2) is 20.3. The monoisotopic (exact) mass is 422 g/mol. The van der Waals surface area contributed by atoms with Crippen LogP contribution in [0.2, 0.25) is 0 Å². The number of quaternary nitrogens is 1. The summed E-state index contributed by atoms with van der Waals surface area (Å²) in [6.07, 6.45) is 22.0. The first-order chi connectivity index (χ1) is 13.5. The summed E-state index contributed by atoms with van der Waals surface area (Å²) in [5.74, 6) is 0. The van der Waals surface area contributed by atoms with Crippen LogP contribution >= 0.6 is 0 Å². The van der Waals surface area contributed by atoms with Gasteiger partial charge in [0.25, 0.3) is 0 Å². The highest BCUT2D eigenvalue weighted by molar-refractivity contribution is 7.74. The molecule has 0 radical (unpaired) electrons. The van der Waals surface area contributed by atoms with Gasteiger partial charge >= 0.3 is 11.4 Å². The molecule has 0 saturated carbocycles. The lowest BCUT2D eigenvalue weighted by Gasteiger charge is -2.26. The van der Waals surface area contributed by atoms with E-state index in [-0.39, 0.29) is 6.61 Å². The molecule has 0 aliphatic rings. The lowest BCUT2D eigenvalue weighted by molar-refractivity contribution is -1.08. The third-order valence-electron chi connectivity index (χ3n) is 5.26. The van der Waals surface area contributed by atoms with Crippen LogP contribution in [0.25, 0.3) is 0 Å². The molecular formula is C22H48NO4S+. The van der Waals surface area contributed by atoms with Gasteiger partial charge in [0.15, 0.2) is 0 Å². The third-order valence-corrected chi connectivity index (χ3v) is 5.63. The Kier molecular flexibility index (Phi) is 20.3. The molecule has 6 heteroatoms. The van der Waals surface area contributed by atoms with E-state index in [1.165, 1.54) is 96.3 Å². The van der Waals surface area contributed by atoms with E-state index in [4.69, 9.17) is 9.39 Å². The maximum atomic E-state index is 10.4. The Bertz CT molecular complexity index is 353. The predicted octanol–water partition coefficient (Wildman–Crippen LogP) is 6.41. The molecule has 28 heavy (non-hydrogen) atoms. The van der Waals surface area contributed by atoms with Gasteiger partial charge in [-0.2, -0.15) is 8.86 Å². The average molecular weight is 423 g/mol. The molecule has 0 saturated heterocycles. The highest BCUT2D eigenvalue weighted by atomic mass is 32.2. The molecular weight excluding hydrogens is 374 g/mol. The zero-order valence-corrected chi connectivity index (χ0v) is 19.8. The quantitative estimate of drug-likeness (QED) is 0.0948. The highest BCUT2D eigenvalue weighted by Gasteiger charge is 2.16. The topological polar surface area (TPSA) is 55.8 Å². The molecule has 0 aliphatic carbocycles. The van der Waals surface area contributed by atoms with Crippen molar-refractivity contribution in [2.75, 3.05) is 33.9 Å². The Labute approximate surface area is 177 Å². The number of unbranched alkanes of at least 4 members (excludes halogenated alkanes) is 15. The van der Waals surface area contributed by atoms with Gasteiger partial charge in [-0.15, -0.1) is 0 Å². The summed E-state index contributed by atoms with van der Waals surface area (Å²) >= 11 is -2.20. The van der Waals surface area contributed by atoms with Gasteiger partial charge in [0.2, 0.25) is 0 Å². The van der Waals surface area contributed by atoms with Crippen LogP contribution in [0, 0.1) is 0 Å². The normalized spacial score (nSPS) is 13.1. The van der Waals surface area contributed by atoms with Gasteiger partial charge in [-0.1, -0.05) is 96.8 Å². The first-order valence-electron chi connectivity index (χ1n) is 11.7. The lowest BCUT2D eigenvalue weighted by Crippen LogP contribution is -2.41. The molecule has 0 heterocycles. The van der Waals surface area contributed by atoms with Gasteiger partial charge < -0.3 is 0 Å². The summed E-state index contributed by atoms with van der Waals surface area (Å²) in [5, 5.41) is 0. The van der Waals surface area contributed by atoms with Crippen LogP contribution in [-0.2, 0) is 20.4 Å². The molecule has 0 aromatic carbocycles. The minimum absolute atomic E-state index is 0.143. The van der Waals surface area contributed by atoms with Crippen LogP contribution < -0.4 is 0 Å². The number of nitrogens with zero attached hydrogens (tertiary/aromatic N) is 1. The molecule has 0 fully saturated rings. The molecule has 0 spiro atoms. The van der Waals surface area contributed by atoms with Gasteiger partial charge in [-0.25, -0.2) is 4.84 Å². The summed E-state index contributed by atoms with van der Waals surface area (Å²) in [6, 6.07) is 0. The van der Waals surface area contributed by atoms with Crippen molar-refractivity contribution in [3.63, 3.8) is 0 Å². The third kappa shape index (κ3) is 22.3. The molecule has 0 aromatic heterocycles. The van der Waals surface area contributed by atoms with Crippen molar-refractivity contribution in [3.05, 3.63) is 0 Å². The zero-order valence-electron chi connectivity index (χ0n) is 19.0. The summed E-state index contributed by atoms with van der Waals surface area (Å²) in [6.45, 7) is 3.71. The first-order valence-corrected chi connectivity index (χ1v) is 12.7. The predicted molar refractivity (Wildman–Crippen MR) is 119 cm³/mol. The molecule has 1 atom stereocenters. The largest absolute Gasteiger partial charge is 0.301 e. The molecule has 0 amide bonds. The lowest BCUT2D eigenvalue weighted by atomic mass is 10.0. The standard InChI is InChI=1S/C22H47NO4S/c1-4-5-6-7-8-9-10-11-12-13-14-15-16-17-18-19-20-23(2,3)26-21-22-27-28(24)25/h4-22H2,1-3H3/p+1. The molecule has 170 valence electrons. The average Bonchev–Trinajstić information content (AvgIpc) is 2.65. The number of rotatable bonds is 22. The first kappa shape index (κ1) is 28.0.